The molecule has 88 valence electrons. The average molecular weight is 220 g/mol. The second-order valence-electron chi connectivity index (χ2n) is 3.79. The molecule has 1 aliphatic heterocycles. The molecule has 0 aromatic carbocycles. The quantitative estimate of drug-likeness (QED) is 0.486. The molecule has 6 nitrogen and oxygen atoms in total. The maximum Gasteiger partial charge on any atom is 0.338 e. The largest absolute Gasteiger partial charge is 0.461 e. The van der Waals surface area contributed by atoms with E-state index in [9.17, 15) is 15.0 Å². The monoisotopic (exact) mass is 220 g/mol. The summed E-state index contributed by atoms with van der Waals surface area (Å²) >= 11 is 0. The molecule has 1 rings (SSSR count). The molecular formula is C9H16O6. The van der Waals surface area contributed by atoms with Gasteiger partial charge in [0.25, 0.3) is 0 Å². The first kappa shape index (κ1) is 12.4. The van der Waals surface area contributed by atoms with Crippen molar-refractivity contribution in [1.29, 1.82) is 0 Å². The van der Waals surface area contributed by atoms with Gasteiger partial charge in [-0.15, -0.1) is 0 Å². The lowest BCUT2D eigenvalue weighted by atomic mass is 10.0. The van der Waals surface area contributed by atoms with Gasteiger partial charge in [-0.25, -0.2) is 4.79 Å². The molecule has 0 aliphatic carbocycles. The van der Waals surface area contributed by atoms with Crippen LogP contribution in [0.15, 0.2) is 0 Å². The van der Waals surface area contributed by atoms with Gasteiger partial charge in [0.1, 0.15) is 18.3 Å². The highest BCUT2D eigenvalue weighted by Gasteiger charge is 2.42. The van der Waals surface area contributed by atoms with Gasteiger partial charge in [-0.1, -0.05) is 0 Å². The third-order valence-corrected chi connectivity index (χ3v) is 2.09. The zero-order chi connectivity index (χ0) is 11.6. The maximum atomic E-state index is 11.4. The minimum absolute atomic E-state index is 0.198. The number of aliphatic hydroxyl groups excluding tert-OH is 3. The Balaban J connectivity index is 2.59. The van der Waals surface area contributed by atoms with Crippen molar-refractivity contribution in [3.05, 3.63) is 0 Å². The molecule has 3 N–H and O–H groups in total. The number of carbonyl (C=O) groups excluding carboxylic acids is 1. The molecule has 1 saturated heterocycles. The first-order valence-corrected chi connectivity index (χ1v) is 4.79. The van der Waals surface area contributed by atoms with Crippen molar-refractivity contribution >= 4 is 5.97 Å². The summed E-state index contributed by atoms with van der Waals surface area (Å²) in [5, 5.41) is 27.9. The lowest BCUT2D eigenvalue weighted by Gasteiger charge is -2.34. The van der Waals surface area contributed by atoms with E-state index in [-0.39, 0.29) is 12.7 Å². The van der Waals surface area contributed by atoms with Crippen molar-refractivity contribution in [3.8, 4) is 0 Å². The van der Waals surface area contributed by atoms with Crippen LogP contribution >= 0.6 is 0 Å². The van der Waals surface area contributed by atoms with Gasteiger partial charge < -0.3 is 24.8 Å². The molecule has 1 heterocycles. The fourth-order valence-corrected chi connectivity index (χ4v) is 1.31. The Morgan fingerprint density at radius 2 is 1.93 bits per heavy atom. The summed E-state index contributed by atoms with van der Waals surface area (Å²) in [4.78, 5) is 11.4. The van der Waals surface area contributed by atoms with E-state index in [0.29, 0.717) is 0 Å². The SMILES string of the molecule is CC(C)OC(=O)C1OC[C@@H](O)C(O)C1O. The van der Waals surface area contributed by atoms with Crippen LogP contribution in [0.1, 0.15) is 13.8 Å². The van der Waals surface area contributed by atoms with Crippen LogP contribution in [0.5, 0.6) is 0 Å². The average Bonchev–Trinajstić information content (AvgIpc) is 2.13. The molecule has 0 aromatic rings. The van der Waals surface area contributed by atoms with Crippen LogP contribution in [0.2, 0.25) is 0 Å². The molecule has 0 radical (unpaired) electrons. The highest BCUT2D eigenvalue weighted by atomic mass is 16.6. The molecule has 0 bridgehead atoms. The van der Waals surface area contributed by atoms with Crippen molar-refractivity contribution in [3.63, 3.8) is 0 Å². The van der Waals surface area contributed by atoms with E-state index in [1.165, 1.54) is 0 Å². The van der Waals surface area contributed by atoms with E-state index >= 15 is 0 Å². The smallest absolute Gasteiger partial charge is 0.338 e. The maximum absolute atomic E-state index is 11.4. The number of carbonyl (C=O) groups is 1. The molecule has 0 spiro atoms. The molecule has 0 amide bonds. The van der Waals surface area contributed by atoms with Crippen molar-refractivity contribution in [2.75, 3.05) is 6.61 Å². The Kier molecular flexibility index (Phi) is 4.04. The van der Waals surface area contributed by atoms with Crippen LogP contribution in [0.3, 0.4) is 0 Å². The van der Waals surface area contributed by atoms with Gasteiger partial charge >= 0.3 is 5.97 Å². The van der Waals surface area contributed by atoms with E-state index in [1.54, 1.807) is 13.8 Å². The van der Waals surface area contributed by atoms with Gasteiger partial charge in [0.05, 0.1) is 12.7 Å². The van der Waals surface area contributed by atoms with E-state index in [2.05, 4.69) is 0 Å². The summed E-state index contributed by atoms with van der Waals surface area (Å²) in [6, 6.07) is 0. The minimum Gasteiger partial charge on any atom is -0.461 e. The molecule has 6 heteroatoms. The summed E-state index contributed by atoms with van der Waals surface area (Å²) in [6.45, 7) is 3.13. The highest BCUT2D eigenvalue weighted by Crippen LogP contribution is 2.17. The van der Waals surface area contributed by atoms with E-state index in [1.807, 2.05) is 0 Å². The molecular weight excluding hydrogens is 204 g/mol. The topological polar surface area (TPSA) is 96.2 Å². The summed E-state index contributed by atoms with van der Waals surface area (Å²) in [7, 11) is 0. The van der Waals surface area contributed by atoms with E-state index in [0.717, 1.165) is 0 Å². The minimum atomic E-state index is -1.46. The lowest BCUT2D eigenvalue weighted by molar-refractivity contribution is -0.207. The predicted octanol–water partition coefficient (Wildman–Crippen LogP) is -1.58. The number of ether oxygens (including phenoxy) is 2. The zero-order valence-electron chi connectivity index (χ0n) is 8.66. The zero-order valence-corrected chi connectivity index (χ0v) is 8.66. The van der Waals surface area contributed by atoms with Crippen LogP contribution in [-0.2, 0) is 14.3 Å². The summed E-state index contributed by atoms with van der Waals surface area (Å²) < 4.78 is 9.73. The Hall–Kier alpha value is -0.690. The fourth-order valence-electron chi connectivity index (χ4n) is 1.31. The van der Waals surface area contributed by atoms with E-state index in [4.69, 9.17) is 14.6 Å². The van der Waals surface area contributed by atoms with Crippen LogP contribution in [0, 0.1) is 0 Å². The Morgan fingerprint density at radius 1 is 1.33 bits per heavy atom. The summed E-state index contributed by atoms with van der Waals surface area (Å²) in [6.07, 6.45) is -5.57. The molecule has 4 atom stereocenters. The second kappa shape index (κ2) is 4.89. The van der Waals surface area contributed by atoms with Gasteiger partial charge in [-0.05, 0) is 13.8 Å². The Morgan fingerprint density at radius 3 is 2.47 bits per heavy atom. The second-order valence-corrected chi connectivity index (χ2v) is 3.79. The third kappa shape index (κ3) is 2.88. The number of rotatable bonds is 2. The van der Waals surface area contributed by atoms with Crippen molar-refractivity contribution in [2.24, 2.45) is 0 Å². The van der Waals surface area contributed by atoms with Crippen LogP contribution in [0.25, 0.3) is 0 Å². The number of aliphatic hydroxyl groups is 3. The first-order chi connectivity index (χ1) is 6.93. The van der Waals surface area contributed by atoms with Gasteiger partial charge in [0.15, 0.2) is 6.10 Å². The standard InChI is InChI=1S/C9H16O6/c1-4(2)15-9(13)8-7(12)6(11)5(10)3-14-8/h4-8,10-12H,3H2,1-2H3/t5-,6?,7?,8?/m1/s1. The molecule has 3 unspecified atom stereocenters. The Bertz CT molecular complexity index is 229. The summed E-state index contributed by atoms with van der Waals surface area (Å²) in [5.41, 5.74) is 0. The van der Waals surface area contributed by atoms with Gasteiger partial charge in [-0.3, -0.25) is 0 Å². The first-order valence-electron chi connectivity index (χ1n) is 4.79. The molecule has 1 fully saturated rings. The van der Waals surface area contributed by atoms with Gasteiger partial charge in [-0.2, -0.15) is 0 Å². The molecule has 0 saturated carbocycles. The predicted molar refractivity (Wildman–Crippen MR) is 49.0 cm³/mol. The molecule has 0 aromatic heterocycles. The van der Waals surface area contributed by atoms with Crippen molar-refractivity contribution < 1.29 is 29.6 Å². The number of hydrogen-bond acceptors (Lipinski definition) is 6. The molecule has 15 heavy (non-hydrogen) atoms. The van der Waals surface area contributed by atoms with E-state index < -0.39 is 30.4 Å². The lowest BCUT2D eigenvalue weighted by Crippen LogP contribution is -2.56. The number of esters is 1. The highest BCUT2D eigenvalue weighted by molar-refractivity contribution is 5.75. The van der Waals surface area contributed by atoms with Gasteiger partial charge in [0.2, 0.25) is 0 Å². The van der Waals surface area contributed by atoms with Crippen LogP contribution < -0.4 is 0 Å². The van der Waals surface area contributed by atoms with Crippen molar-refractivity contribution in [2.45, 2.75) is 44.4 Å². The van der Waals surface area contributed by atoms with Crippen LogP contribution in [0.4, 0.5) is 0 Å². The van der Waals surface area contributed by atoms with Crippen molar-refractivity contribution in [1.82, 2.24) is 0 Å². The molecule has 1 aliphatic rings. The van der Waals surface area contributed by atoms with Gasteiger partial charge in [0, 0.05) is 0 Å². The third-order valence-electron chi connectivity index (χ3n) is 2.09. The number of hydrogen-bond donors (Lipinski definition) is 3. The summed E-state index contributed by atoms with van der Waals surface area (Å²) in [5.74, 6) is -0.733. The van der Waals surface area contributed by atoms with Crippen LogP contribution in [-0.4, -0.2) is 58.4 Å². The Labute approximate surface area is 87.4 Å². The fraction of sp³-hybridized carbons (Fsp3) is 0.889. The normalized spacial score (nSPS) is 36.7.